The maximum atomic E-state index is 12.5. The first-order chi connectivity index (χ1) is 12.0. The molecular weight excluding hydrogens is 342 g/mol. The molecule has 0 saturated heterocycles. The van der Waals surface area contributed by atoms with Crippen molar-refractivity contribution in [1.29, 1.82) is 0 Å². The number of amides is 1. The Hall–Kier alpha value is -2.45. The van der Waals surface area contributed by atoms with Gasteiger partial charge in [-0.1, -0.05) is 6.07 Å². The third-order valence-corrected chi connectivity index (χ3v) is 5.12. The number of carbonyl (C=O) groups excluding carboxylic acids is 1. The van der Waals surface area contributed by atoms with E-state index < -0.39 is 15.9 Å². The summed E-state index contributed by atoms with van der Waals surface area (Å²) < 4.78 is 32.5. The first-order valence-corrected chi connectivity index (χ1v) is 9.49. The second kappa shape index (κ2) is 7.20. The SMILES string of the molecule is CCOc1ncccc1C(=O)Nc1cccc(S(=O)(=O)NC2CC2)c1. The normalized spacial score (nSPS) is 14.1. The van der Waals surface area contributed by atoms with E-state index in [0.29, 0.717) is 12.3 Å². The molecule has 0 bridgehead atoms. The van der Waals surface area contributed by atoms with Crippen LogP contribution in [0.2, 0.25) is 0 Å². The molecule has 1 aromatic heterocycles. The molecule has 8 heteroatoms. The average Bonchev–Trinajstić information content (AvgIpc) is 3.39. The fourth-order valence-corrected chi connectivity index (χ4v) is 3.59. The Kier molecular flexibility index (Phi) is 5.00. The van der Waals surface area contributed by atoms with Gasteiger partial charge in [0.25, 0.3) is 5.91 Å². The van der Waals surface area contributed by atoms with Crippen LogP contribution >= 0.6 is 0 Å². The summed E-state index contributed by atoms with van der Waals surface area (Å²) in [6, 6.07) is 9.40. The number of aromatic nitrogens is 1. The summed E-state index contributed by atoms with van der Waals surface area (Å²) in [4.78, 5) is 16.6. The van der Waals surface area contributed by atoms with Crippen molar-refractivity contribution >= 4 is 21.6 Å². The van der Waals surface area contributed by atoms with Gasteiger partial charge in [0.05, 0.1) is 11.5 Å². The second-order valence-corrected chi connectivity index (χ2v) is 7.38. The lowest BCUT2D eigenvalue weighted by Crippen LogP contribution is -2.25. The van der Waals surface area contributed by atoms with Gasteiger partial charge in [0, 0.05) is 17.9 Å². The van der Waals surface area contributed by atoms with Gasteiger partial charge in [-0.05, 0) is 50.1 Å². The summed E-state index contributed by atoms with van der Waals surface area (Å²) in [5.41, 5.74) is 0.670. The highest BCUT2D eigenvalue weighted by Gasteiger charge is 2.28. The lowest BCUT2D eigenvalue weighted by atomic mass is 10.2. The van der Waals surface area contributed by atoms with Gasteiger partial charge in [-0.2, -0.15) is 0 Å². The van der Waals surface area contributed by atoms with Crippen molar-refractivity contribution in [3.63, 3.8) is 0 Å². The summed E-state index contributed by atoms with van der Waals surface area (Å²) in [6.45, 7) is 2.19. The van der Waals surface area contributed by atoms with E-state index >= 15 is 0 Å². The number of pyridine rings is 1. The number of benzene rings is 1. The summed E-state index contributed by atoms with van der Waals surface area (Å²) in [5.74, 6) is -0.178. The summed E-state index contributed by atoms with van der Waals surface area (Å²) in [7, 11) is -3.58. The van der Waals surface area contributed by atoms with Crippen LogP contribution in [-0.2, 0) is 10.0 Å². The Morgan fingerprint density at radius 1 is 1.28 bits per heavy atom. The van der Waals surface area contributed by atoms with Crippen molar-refractivity contribution in [2.75, 3.05) is 11.9 Å². The number of nitrogens with zero attached hydrogens (tertiary/aromatic N) is 1. The van der Waals surface area contributed by atoms with Gasteiger partial charge < -0.3 is 10.1 Å². The summed E-state index contributed by atoms with van der Waals surface area (Å²) in [5, 5.41) is 2.69. The first-order valence-electron chi connectivity index (χ1n) is 8.01. The van der Waals surface area contributed by atoms with E-state index in [0.717, 1.165) is 12.8 Å². The molecule has 1 heterocycles. The number of carbonyl (C=O) groups is 1. The highest BCUT2D eigenvalue weighted by Crippen LogP contribution is 2.24. The zero-order chi connectivity index (χ0) is 17.9. The van der Waals surface area contributed by atoms with Crippen LogP contribution < -0.4 is 14.8 Å². The smallest absolute Gasteiger partial charge is 0.261 e. The van der Waals surface area contributed by atoms with Crippen molar-refractivity contribution in [3.8, 4) is 5.88 Å². The molecule has 7 nitrogen and oxygen atoms in total. The Balaban J connectivity index is 1.79. The Bertz CT molecular complexity index is 879. The number of nitrogens with one attached hydrogen (secondary N) is 2. The monoisotopic (exact) mass is 361 g/mol. The molecule has 1 amide bonds. The minimum absolute atomic E-state index is 0.0207. The largest absolute Gasteiger partial charge is 0.477 e. The van der Waals surface area contributed by atoms with E-state index in [-0.39, 0.29) is 22.4 Å². The summed E-state index contributed by atoms with van der Waals surface area (Å²) >= 11 is 0. The molecule has 1 fully saturated rings. The number of sulfonamides is 1. The van der Waals surface area contributed by atoms with Gasteiger partial charge >= 0.3 is 0 Å². The van der Waals surface area contributed by atoms with Crippen LogP contribution in [0.3, 0.4) is 0 Å². The molecule has 1 saturated carbocycles. The topological polar surface area (TPSA) is 97.4 Å². The van der Waals surface area contributed by atoms with Gasteiger partial charge in [-0.3, -0.25) is 4.79 Å². The Labute approximate surface area is 146 Å². The fraction of sp³-hybridized carbons (Fsp3) is 0.294. The molecule has 1 aromatic carbocycles. The molecule has 1 aliphatic rings. The van der Waals surface area contributed by atoms with Gasteiger partial charge in [-0.25, -0.2) is 18.1 Å². The number of ether oxygens (including phenoxy) is 1. The van der Waals surface area contributed by atoms with Crippen LogP contribution in [0.25, 0.3) is 0 Å². The van der Waals surface area contributed by atoms with Gasteiger partial charge in [0.15, 0.2) is 0 Å². The van der Waals surface area contributed by atoms with Crippen LogP contribution in [0, 0.1) is 0 Å². The predicted molar refractivity (Wildman–Crippen MR) is 93.1 cm³/mol. The third kappa shape index (κ3) is 4.34. The third-order valence-electron chi connectivity index (χ3n) is 3.60. The van der Waals surface area contributed by atoms with Crippen molar-refractivity contribution in [3.05, 3.63) is 48.2 Å². The number of anilines is 1. The molecule has 0 radical (unpaired) electrons. The molecule has 0 aliphatic heterocycles. The predicted octanol–water partition coefficient (Wildman–Crippen LogP) is 2.17. The van der Waals surface area contributed by atoms with E-state index in [2.05, 4.69) is 15.0 Å². The molecule has 3 rings (SSSR count). The lowest BCUT2D eigenvalue weighted by Gasteiger charge is -2.11. The van der Waals surface area contributed by atoms with E-state index in [1.165, 1.54) is 12.1 Å². The fourth-order valence-electron chi connectivity index (χ4n) is 2.24. The standard InChI is InChI=1S/C17H19N3O4S/c1-2-24-17-15(7-4-10-18-17)16(21)19-13-5-3-6-14(11-13)25(22,23)20-12-8-9-12/h3-7,10-12,20H,2,8-9H2,1H3,(H,19,21). The molecule has 2 aromatic rings. The summed E-state index contributed by atoms with van der Waals surface area (Å²) in [6.07, 6.45) is 3.26. The zero-order valence-electron chi connectivity index (χ0n) is 13.7. The molecular formula is C17H19N3O4S. The number of rotatable bonds is 7. The van der Waals surface area contributed by atoms with Crippen LogP contribution in [0.15, 0.2) is 47.5 Å². The molecule has 0 atom stereocenters. The second-order valence-electron chi connectivity index (χ2n) is 5.67. The highest BCUT2D eigenvalue weighted by atomic mass is 32.2. The van der Waals surface area contributed by atoms with E-state index in [9.17, 15) is 13.2 Å². The van der Waals surface area contributed by atoms with Gasteiger partial charge in [0.1, 0.15) is 5.56 Å². The van der Waals surface area contributed by atoms with Crippen molar-refractivity contribution in [2.45, 2.75) is 30.7 Å². The molecule has 1 aliphatic carbocycles. The van der Waals surface area contributed by atoms with E-state index in [4.69, 9.17) is 4.74 Å². The lowest BCUT2D eigenvalue weighted by molar-refractivity contribution is 0.102. The van der Waals surface area contributed by atoms with E-state index in [1.807, 2.05) is 0 Å². The van der Waals surface area contributed by atoms with Gasteiger partial charge in [0.2, 0.25) is 15.9 Å². The van der Waals surface area contributed by atoms with Gasteiger partial charge in [-0.15, -0.1) is 0 Å². The van der Waals surface area contributed by atoms with Crippen molar-refractivity contribution < 1.29 is 17.9 Å². The Morgan fingerprint density at radius 3 is 2.80 bits per heavy atom. The van der Waals surface area contributed by atoms with Crippen molar-refractivity contribution in [1.82, 2.24) is 9.71 Å². The minimum atomic E-state index is -3.58. The van der Waals surface area contributed by atoms with Crippen LogP contribution in [0.4, 0.5) is 5.69 Å². The zero-order valence-corrected chi connectivity index (χ0v) is 14.5. The van der Waals surface area contributed by atoms with Crippen LogP contribution in [0.1, 0.15) is 30.1 Å². The number of hydrogen-bond acceptors (Lipinski definition) is 5. The van der Waals surface area contributed by atoms with Crippen LogP contribution in [0.5, 0.6) is 5.88 Å². The molecule has 2 N–H and O–H groups in total. The molecule has 25 heavy (non-hydrogen) atoms. The molecule has 132 valence electrons. The first kappa shape index (κ1) is 17.4. The average molecular weight is 361 g/mol. The van der Waals surface area contributed by atoms with E-state index in [1.54, 1.807) is 37.4 Å². The molecule has 0 unspecified atom stereocenters. The minimum Gasteiger partial charge on any atom is -0.477 e. The van der Waals surface area contributed by atoms with Crippen LogP contribution in [-0.4, -0.2) is 32.0 Å². The Morgan fingerprint density at radius 2 is 2.08 bits per heavy atom. The quantitative estimate of drug-likeness (QED) is 0.788. The van der Waals surface area contributed by atoms with Crippen molar-refractivity contribution in [2.24, 2.45) is 0 Å². The number of hydrogen-bond donors (Lipinski definition) is 2. The molecule has 0 spiro atoms. The maximum Gasteiger partial charge on any atom is 0.261 e. The highest BCUT2D eigenvalue weighted by molar-refractivity contribution is 7.89. The maximum absolute atomic E-state index is 12.5.